The zero-order chi connectivity index (χ0) is 18.2. The minimum absolute atomic E-state index is 0.145. The van der Waals surface area contributed by atoms with Gasteiger partial charge in [-0.3, -0.25) is 4.79 Å². The molecule has 0 fully saturated rings. The average Bonchev–Trinajstić information content (AvgIpc) is 2.57. The first-order valence-corrected chi connectivity index (χ1v) is 9.69. The Hall–Kier alpha value is -0.650. The van der Waals surface area contributed by atoms with Crippen molar-refractivity contribution in [3.05, 3.63) is 0 Å². The van der Waals surface area contributed by atoms with Gasteiger partial charge in [0, 0.05) is 18.9 Å². The maximum absolute atomic E-state index is 11.0. The molecule has 5 nitrogen and oxygen atoms in total. The van der Waals surface area contributed by atoms with Gasteiger partial charge in [0.2, 0.25) is 0 Å². The lowest BCUT2D eigenvalue weighted by molar-refractivity contribution is -0.140. The monoisotopic (exact) mass is 345 g/mol. The average molecular weight is 346 g/mol. The Labute approximate surface area is 148 Å². The van der Waals surface area contributed by atoms with Crippen LogP contribution < -0.4 is 5.73 Å². The van der Waals surface area contributed by atoms with Gasteiger partial charge in [-0.1, -0.05) is 58.3 Å². The van der Waals surface area contributed by atoms with E-state index in [9.17, 15) is 15.0 Å². The predicted molar refractivity (Wildman–Crippen MR) is 97.7 cm³/mol. The van der Waals surface area contributed by atoms with Crippen molar-refractivity contribution < 1.29 is 19.7 Å². The maximum atomic E-state index is 11.0. The van der Waals surface area contributed by atoms with Gasteiger partial charge in [0.15, 0.2) is 0 Å². The molecule has 0 rings (SSSR count). The van der Waals surface area contributed by atoms with E-state index in [1.54, 1.807) is 0 Å². The summed E-state index contributed by atoms with van der Waals surface area (Å²) in [7, 11) is 1.41. The highest BCUT2D eigenvalue weighted by atomic mass is 16.5. The molecule has 3 atom stereocenters. The Morgan fingerprint density at radius 1 is 0.958 bits per heavy atom. The second-order valence-electron chi connectivity index (χ2n) is 6.85. The summed E-state index contributed by atoms with van der Waals surface area (Å²) in [4.78, 5) is 11.0. The number of esters is 1. The molecule has 0 aromatic heterocycles. The lowest BCUT2D eigenvalue weighted by Crippen LogP contribution is -2.37. The molecule has 0 aliphatic carbocycles. The van der Waals surface area contributed by atoms with Crippen LogP contribution in [-0.4, -0.2) is 41.5 Å². The van der Waals surface area contributed by atoms with Crippen molar-refractivity contribution in [1.29, 1.82) is 0 Å². The summed E-state index contributed by atoms with van der Waals surface area (Å²) in [5.74, 6) is -0.145. The molecule has 0 saturated carbocycles. The minimum Gasteiger partial charge on any atom is -0.469 e. The minimum atomic E-state index is -0.620. The molecule has 0 radical (unpaired) electrons. The molecule has 0 unspecified atom stereocenters. The van der Waals surface area contributed by atoms with E-state index in [1.165, 1.54) is 20.0 Å². The highest BCUT2D eigenvalue weighted by Crippen LogP contribution is 2.14. The van der Waals surface area contributed by atoms with E-state index in [0.29, 0.717) is 12.8 Å². The van der Waals surface area contributed by atoms with Crippen LogP contribution in [0.4, 0.5) is 0 Å². The number of aliphatic hydroxyl groups is 2. The van der Waals surface area contributed by atoms with E-state index >= 15 is 0 Å². The number of unbranched alkanes of at least 4 members (excludes halogenated alkanes) is 7. The van der Waals surface area contributed by atoms with Crippen molar-refractivity contribution in [2.24, 2.45) is 5.73 Å². The molecule has 0 amide bonds. The molecular formula is C19H39NO4. The Morgan fingerprint density at radius 2 is 1.54 bits per heavy atom. The molecule has 5 heteroatoms. The third-order valence-corrected chi connectivity index (χ3v) is 4.54. The normalized spacial score (nSPS) is 15.0. The van der Waals surface area contributed by atoms with E-state index in [-0.39, 0.29) is 12.0 Å². The lowest BCUT2D eigenvalue weighted by Gasteiger charge is -2.21. The van der Waals surface area contributed by atoms with Crippen molar-refractivity contribution in [3.8, 4) is 0 Å². The molecule has 0 aliphatic rings. The van der Waals surface area contributed by atoms with Gasteiger partial charge in [-0.15, -0.1) is 0 Å². The van der Waals surface area contributed by atoms with Crippen molar-refractivity contribution in [1.82, 2.24) is 0 Å². The smallest absolute Gasteiger partial charge is 0.305 e. The zero-order valence-electron chi connectivity index (χ0n) is 15.7. The number of ether oxygens (including phenoxy) is 1. The highest BCUT2D eigenvalue weighted by molar-refractivity contribution is 5.68. The summed E-state index contributed by atoms with van der Waals surface area (Å²) >= 11 is 0. The van der Waals surface area contributed by atoms with Crippen LogP contribution in [0, 0.1) is 0 Å². The van der Waals surface area contributed by atoms with Gasteiger partial charge in [-0.2, -0.15) is 0 Å². The third kappa shape index (κ3) is 13.8. The summed E-state index contributed by atoms with van der Waals surface area (Å²) in [6.07, 6.45) is 10.9. The van der Waals surface area contributed by atoms with E-state index in [0.717, 1.165) is 57.8 Å². The topological polar surface area (TPSA) is 92.8 Å². The van der Waals surface area contributed by atoms with E-state index in [1.807, 2.05) is 0 Å². The van der Waals surface area contributed by atoms with Crippen molar-refractivity contribution in [2.75, 3.05) is 7.11 Å². The molecule has 0 aromatic carbocycles. The summed E-state index contributed by atoms with van der Waals surface area (Å²) in [5, 5.41) is 20.0. The second-order valence-corrected chi connectivity index (χ2v) is 6.85. The molecule has 0 aliphatic heterocycles. The largest absolute Gasteiger partial charge is 0.469 e. The van der Waals surface area contributed by atoms with Crippen LogP contribution in [0.3, 0.4) is 0 Å². The van der Waals surface area contributed by atoms with Crippen molar-refractivity contribution >= 4 is 5.97 Å². The summed E-state index contributed by atoms with van der Waals surface area (Å²) < 4.78 is 4.60. The number of hydrogen-bond donors (Lipinski definition) is 3. The van der Waals surface area contributed by atoms with Crippen LogP contribution >= 0.6 is 0 Å². The number of carbonyl (C=O) groups excluding carboxylic acids is 1. The molecular weight excluding hydrogens is 306 g/mol. The lowest BCUT2D eigenvalue weighted by atomic mass is 9.97. The fourth-order valence-corrected chi connectivity index (χ4v) is 2.85. The Morgan fingerprint density at radius 3 is 2.21 bits per heavy atom. The molecule has 24 heavy (non-hydrogen) atoms. The standard InChI is InChI=1S/C19H39NO4/c1-3-4-5-9-12-16(21)15-18(22)17(20)13-10-7-6-8-11-14-19(23)24-2/h16-18,21-22H,3-15,20H2,1-2H3/t16-,17-,18-/m1/s1. The number of rotatable bonds is 16. The van der Waals surface area contributed by atoms with Crippen molar-refractivity contribution in [2.45, 2.75) is 109 Å². The van der Waals surface area contributed by atoms with E-state index in [2.05, 4.69) is 11.7 Å². The third-order valence-electron chi connectivity index (χ3n) is 4.54. The predicted octanol–water partition coefficient (Wildman–Crippen LogP) is 3.30. The van der Waals surface area contributed by atoms with Gasteiger partial charge in [0.25, 0.3) is 0 Å². The number of aliphatic hydroxyl groups excluding tert-OH is 2. The van der Waals surface area contributed by atoms with Crippen LogP contribution in [0.1, 0.15) is 90.4 Å². The van der Waals surface area contributed by atoms with Crippen molar-refractivity contribution in [3.63, 3.8) is 0 Å². The number of carbonyl (C=O) groups is 1. The fraction of sp³-hybridized carbons (Fsp3) is 0.947. The first-order valence-electron chi connectivity index (χ1n) is 9.69. The maximum Gasteiger partial charge on any atom is 0.305 e. The molecule has 4 N–H and O–H groups in total. The first-order chi connectivity index (χ1) is 11.5. The molecule has 144 valence electrons. The molecule has 0 heterocycles. The van der Waals surface area contributed by atoms with Gasteiger partial charge >= 0.3 is 5.97 Å². The van der Waals surface area contributed by atoms with E-state index < -0.39 is 12.2 Å². The van der Waals surface area contributed by atoms with Gasteiger partial charge < -0.3 is 20.7 Å². The van der Waals surface area contributed by atoms with Gasteiger partial charge in [0.05, 0.1) is 19.3 Å². The van der Waals surface area contributed by atoms with Gasteiger partial charge in [-0.25, -0.2) is 0 Å². The van der Waals surface area contributed by atoms with Crippen LogP contribution in [0.15, 0.2) is 0 Å². The highest BCUT2D eigenvalue weighted by Gasteiger charge is 2.18. The zero-order valence-corrected chi connectivity index (χ0v) is 15.7. The quantitative estimate of drug-likeness (QED) is 0.295. The van der Waals surface area contributed by atoms with Crippen LogP contribution in [0.5, 0.6) is 0 Å². The summed E-state index contributed by atoms with van der Waals surface area (Å²) in [5.41, 5.74) is 6.02. The molecule has 0 bridgehead atoms. The van der Waals surface area contributed by atoms with Gasteiger partial charge in [-0.05, 0) is 19.3 Å². The molecule has 0 saturated heterocycles. The van der Waals surface area contributed by atoms with E-state index in [4.69, 9.17) is 5.73 Å². The Bertz CT molecular complexity index is 299. The first kappa shape index (κ1) is 23.4. The summed E-state index contributed by atoms with van der Waals surface area (Å²) in [6, 6.07) is -0.259. The van der Waals surface area contributed by atoms with Crippen LogP contribution in [0.25, 0.3) is 0 Å². The summed E-state index contributed by atoms with van der Waals surface area (Å²) in [6.45, 7) is 2.17. The Kier molecular flexibility index (Phi) is 15.4. The van der Waals surface area contributed by atoms with Crippen LogP contribution in [-0.2, 0) is 9.53 Å². The number of nitrogens with two attached hydrogens (primary N) is 1. The fourth-order valence-electron chi connectivity index (χ4n) is 2.85. The SMILES string of the molecule is CCCCCC[C@@H](O)C[C@@H](O)[C@H](N)CCCCCCCC(=O)OC. The number of hydrogen-bond acceptors (Lipinski definition) is 5. The van der Waals surface area contributed by atoms with Crippen LogP contribution in [0.2, 0.25) is 0 Å². The number of methoxy groups -OCH3 is 1. The molecule has 0 spiro atoms. The molecule has 0 aromatic rings. The second kappa shape index (κ2) is 15.9. The Balaban J connectivity index is 3.57. The van der Waals surface area contributed by atoms with Gasteiger partial charge in [0.1, 0.15) is 0 Å².